The molecule has 0 aliphatic rings. The molecular weight excluding hydrogens is 345 g/mol. The van der Waals surface area contributed by atoms with E-state index in [9.17, 15) is 9.18 Å². The zero-order valence-electron chi connectivity index (χ0n) is 10.7. The van der Waals surface area contributed by atoms with Crippen LogP contribution in [0.4, 0.5) is 10.1 Å². The Hall–Kier alpha value is -1.39. The molecule has 0 fully saturated rings. The Balaban J connectivity index is 2.13. The van der Waals surface area contributed by atoms with Gasteiger partial charge in [0, 0.05) is 20.7 Å². The van der Waals surface area contributed by atoms with Crippen LogP contribution in [0.5, 0.6) is 0 Å². The lowest BCUT2D eigenvalue weighted by atomic mass is 10.1. The lowest BCUT2D eigenvalue weighted by Gasteiger charge is -2.10. The normalized spacial score (nSPS) is 10.4. The van der Waals surface area contributed by atoms with Gasteiger partial charge in [-0.25, -0.2) is 4.39 Å². The van der Waals surface area contributed by atoms with Gasteiger partial charge in [0.15, 0.2) is 0 Å². The highest BCUT2D eigenvalue weighted by molar-refractivity contribution is 9.10. The topological polar surface area (TPSA) is 29.1 Å². The highest BCUT2D eigenvalue weighted by Crippen LogP contribution is 2.22. The van der Waals surface area contributed by atoms with Crippen molar-refractivity contribution in [2.24, 2.45) is 0 Å². The number of halogens is 3. The van der Waals surface area contributed by atoms with E-state index in [0.29, 0.717) is 5.69 Å². The summed E-state index contributed by atoms with van der Waals surface area (Å²) in [4.78, 5) is 12.0. The molecule has 0 heterocycles. The van der Waals surface area contributed by atoms with Crippen LogP contribution in [0.25, 0.3) is 0 Å². The average Bonchev–Trinajstić information content (AvgIpc) is 2.37. The van der Waals surface area contributed by atoms with Crippen molar-refractivity contribution < 1.29 is 9.18 Å². The Bertz CT molecular complexity index is 640. The van der Waals surface area contributed by atoms with E-state index < -0.39 is 5.82 Å². The molecule has 2 aromatic carbocycles. The molecule has 104 valence electrons. The Morgan fingerprint density at radius 3 is 2.75 bits per heavy atom. The molecular formula is C15H12BrClFNO. The molecule has 0 saturated carbocycles. The fraction of sp³-hybridized carbons (Fsp3) is 0.133. The monoisotopic (exact) mass is 355 g/mol. The smallest absolute Gasteiger partial charge is 0.228 e. The van der Waals surface area contributed by atoms with Crippen LogP contribution < -0.4 is 5.32 Å². The van der Waals surface area contributed by atoms with Crippen LogP contribution in [0.3, 0.4) is 0 Å². The van der Waals surface area contributed by atoms with Crippen LogP contribution in [0, 0.1) is 12.7 Å². The van der Waals surface area contributed by atoms with E-state index in [1.165, 1.54) is 12.1 Å². The Morgan fingerprint density at radius 1 is 1.35 bits per heavy atom. The molecule has 0 atom stereocenters. The van der Waals surface area contributed by atoms with Crippen molar-refractivity contribution in [2.45, 2.75) is 13.3 Å². The molecule has 0 unspecified atom stereocenters. The van der Waals surface area contributed by atoms with Gasteiger partial charge in [0.05, 0.1) is 6.42 Å². The number of carbonyl (C=O) groups excluding carboxylic acids is 1. The summed E-state index contributed by atoms with van der Waals surface area (Å²) in [7, 11) is 0. The van der Waals surface area contributed by atoms with Gasteiger partial charge in [-0.15, -0.1) is 0 Å². The van der Waals surface area contributed by atoms with Crippen LogP contribution >= 0.6 is 27.5 Å². The van der Waals surface area contributed by atoms with Crippen LogP contribution in [0.15, 0.2) is 40.9 Å². The maximum absolute atomic E-state index is 13.6. The van der Waals surface area contributed by atoms with Crippen molar-refractivity contribution >= 4 is 39.1 Å². The fourth-order valence-corrected chi connectivity index (χ4v) is 2.53. The van der Waals surface area contributed by atoms with Crippen LogP contribution in [-0.2, 0) is 11.2 Å². The summed E-state index contributed by atoms with van der Waals surface area (Å²) in [6.07, 6.45) is -0.0962. The predicted molar refractivity (Wildman–Crippen MR) is 82.6 cm³/mol. The number of aryl methyl sites for hydroxylation is 1. The third-order valence-electron chi connectivity index (χ3n) is 2.86. The number of rotatable bonds is 3. The zero-order valence-corrected chi connectivity index (χ0v) is 13.1. The summed E-state index contributed by atoms with van der Waals surface area (Å²) in [6, 6.07) is 9.89. The van der Waals surface area contributed by atoms with Gasteiger partial charge >= 0.3 is 0 Å². The molecule has 0 radical (unpaired) electrons. The highest BCUT2D eigenvalue weighted by atomic mass is 79.9. The molecule has 20 heavy (non-hydrogen) atoms. The molecule has 1 N–H and O–H groups in total. The van der Waals surface area contributed by atoms with E-state index in [1.54, 1.807) is 12.1 Å². The summed E-state index contributed by atoms with van der Waals surface area (Å²) in [5.41, 5.74) is 1.83. The molecule has 0 aromatic heterocycles. The quantitative estimate of drug-likeness (QED) is 0.846. The first-order valence-corrected chi connectivity index (χ1v) is 7.13. The largest absolute Gasteiger partial charge is 0.326 e. The van der Waals surface area contributed by atoms with Gasteiger partial charge in [-0.2, -0.15) is 0 Å². The maximum Gasteiger partial charge on any atom is 0.228 e. The lowest BCUT2D eigenvalue weighted by molar-refractivity contribution is -0.115. The third kappa shape index (κ3) is 3.58. The second-order valence-electron chi connectivity index (χ2n) is 4.38. The predicted octanol–water partition coefficient (Wildman–Crippen LogP) is 4.73. The standard InChI is InChI=1S/C15H12BrClFNO/c1-9-7-10(16)5-6-14(9)19-15(20)8-11-12(17)3-2-4-13(11)18/h2-7H,8H2,1H3,(H,19,20). The number of anilines is 1. The third-order valence-corrected chi connectivity index (χ3v) is 3.71. The molecule has 2 aromatic rings. The van der Waals surface area contributed by atoms with Crippen LogP contribution in [0.2, 0.25) is 5.02 Å². The molecule has 0 saturated heterocycles. The van der Waals surface area contributed by atoms with E-state index in [0.717, 1.165) is 10.0 Å². The van der Waals surface area contributed by atoms with Crippen molar-refractivity contribution in [3.63, 3.8) is 0 Å². The van der Waals surface area contributed by atoms with Crippen LogP contribution in [0.1, 0.15) is 11.1 Å². The summed E-state index contributed by atoms with van der Waals surface area (Å²) < 4.78 is 14.5. The number of carbonyl (C=O) groups is 1. The Labute approximate surface area is 130 Å². The van der Waals surface area contributed by atoms with Gasteiger partial charge in [0.2, 0.25) is 5.91 Å². The van der Waals surface area contributed by atoms with Crippen molar-refractivity contribution in [3.05, 3.63) is 62.8 Å². The number of amides is 1. The second-order valence-corrected chi connectivity index (χ2v) is 5.71. The summed E-state index contributed by atoms with van der Waals surface area (Å²) in [5, 5.41) is 3.01. The molecule has 0 spiro atoms. The number of benzene rings is 2. The lowest BCUT2D eigenvalue weighted by Crippen LogP contribution is -2.16. The van der Waals surface area contributed by atoms with E-state index >= 15 is 0 Å². The SMILES string of the molecule is Cc1cc(Br)ccc1NC(=O)Cc1c(F)cccc1Cl. The van der Waals surface area contributed by atoms with Crippen molar-refractivity contribution in [3.8, 4) is 0 Å². The second kappa shape index (κ2) is 6.37. The summed E-state index contributed by atoms with van der Waals surface area (Å²) in [5.74, 6) is -0.775. The van der Waals surface area contributed by atoms with Crippen molar-refractivity contribution in [1.82, 2.24) is 0 Å². The van der Waals surface area contributed by atoms with E-state index in [2.05, 4.69) is 21.2 Å². The fourth-order valence-electron chi connectivity index (χ4n) is 1.82. The molecule has 0 aliphatic heterocycles. The Morgan fingerprint density at radius 2 is 2.10 bits per heavy atom. The first-order valence-electron chi connectivity index (χ1n) is 5.96. The van der Waals surface area contributed by atoms with E-state index in [-0.39, 0.29) is 22.9 Å². The first kappa shape index (κ1) is 15.0. The van der Waals surface area contributed by atoms with Gasteiger partial charge in [-0.05, 0) is 42.8 Å². The number of hydrogen-bond acceptors (Lipinski definition) is 1. The summed E-state index contributed by atoms with van der Waals surface area (Å²) in [6.45, 7) is 1.89. The average molecular weight is 357 g/mol. The van der Waals surface area contributed by atoms with Crippen LogP contribution in [-0.4, -0.2) is 5.91 Å². The molecule has 2 rings (SSSR count). The number of hydrogen-bond donors (Lipinski definition) is 1. The van der Waals surface area contributed by atoms with Gasteiger partial charge in [-0.3, -0.25) is 4.79 Å². The minimum atomic E-state index is -0.472. The van der Waals surface area contributed by atoms with Gasteiger partial charge in [0.25, 0.3) is 0 Å². The van der Waals surface area contributed by atoms with Crippen molar-refractivity contribution in [1.29, 1.82) is 0 Å². The van der Waals surface area contributed by atoms with Crippen molar-refractivity contribution in [2.75, 3.05) is 5.32 Å². The Kier molecular flexibility index (Phi) is 4.78. The number of nitrogens with one attached hydrogen (secondary N) is 1. The first-order chi connectivity index (χ1) is 9.47. The van der Waals surface area contributed by atoms with Gasteiger partial charge < -0.3 is 5.32 Å². The van der Waals surface area contributed by atoms with Gasteiger partial charge in [-0.1, -0.05) is 33.6 Å². The minimum absolute atomic E-state index is 0.0962. The molecule has 2 nitrogen and oxygen atoms in total. The highest BCUT2D eigenvalue weighted by Gasteiger charge is 2.12. The molecule has 5 heteroatoms. The molecule has 0 bridgehead atoms. The maximum atomic E-state index is 13.6. The zero-order chi connectivity index (χ0) is 14.7. The van der Waals surface area contributed by atoms with E-state index in [1.807, 2.05) is 19.1 Å². The summed E-state index contributed by atoms with van der Waals surface area (Å²) >= 11 is 9.26. The van der Waals surface area contributed by atoms with Gasteiger partial charge in [0.1, 0.15) is 5.82 Å². The van der Waals surface area contributed by atoms with E-state index in [4.69, 9.17) is 11.6 Å². The molecule has 0 aliphatic carbocycles. The molecule has 1 amide bonds. The minimum Gasteiger partial charge on any atom is -0.326 e.